The number of para-hydroxylation sites is 1. The van der Waals surface area contributed by atoms with Crippen LogP contribution in [0.2, 0.25) is 5.02 Å². The zero-order chi connectivity index (χ0) is 28.4. The maximum absolute atomic E-state index is 13.3. The predicted octanol–water partition coefficient (Wildman–Crippen LogP) is 4.51. The molecule has 1 aliphatic rings. The van der Waals surface area contributed by atoms with Crippen molar-refractivity contribution in [3.63, 3.8) is 0 Å². The summed E-state index contributed by atoms with van der Waals surface area (Å²) in [6, 6.07) is 21.2. The van der Waals surface area contributed by atoms with Crippen LogP contribution in [0.4, 0.5) is 5.69 Å². The van der Waals surface area contributed by atoms with Gasteiger partial charge in [0.05, 0.1) is 16.8 Å². The van der Waals surface area contributed by atoms with Crippen molar-refractivity contribution in [2.75, 3.05) is 17.5 Å². The number of sulfonamides is 1. The molecule has 0 heterocycles. The average molecular weight is 583 g/mol. The van der Waals surface area contributed by atoms with E-state index in [-0.39, 0.29) is 23.5 Å². The second kappa shape index (κ2) is 14.0. The average Bonchev–Trinajstić information content (AvgIpc) is 2.96. The molecule has 0 saturated heterocycles. The van der Waals surface area contributed by atoms with Gasteiger partial charge in [-0.15, -0.1) is 0 Å². The van der Waals surface area contributed by atoms with Crippen LogP contribution in [-0.4, -0.2) is 45.6 Å². The van der Waals surface area contributed by atoms with Gasteiger partial charge in [-0.3, -0.25) is 13.9 Å². The Balaban J connectivity index is 1.31. The van der Waals surface area contributed by atoms with E-state index in [1.807, 2.05) is 0 Å². The van der Waals surface area contributed by atoms with Crippen LogP contribution in [0.3, 0.4) is 0 Å². The first-order valence-corrected chi connectivity index (χ1v) is 14.8. The molecule has 40 heavy (non-hydrogen) atoms. The lowest BCUT2D eigenvalue weighted by Gasteiger charge is -2.23. The molecule has 0 radical (unpaired) electrons. The highest BCUT2D eigenvalue weighted by molar-refractivity contribution is 7.92. The molecule has 2 N–H and O–H groups in total. The maximum Gasteiger partial charge on any atom is 0.264 e. The summed E-state index contributed by atoms with van der Waals surface area (Å²) < 4.78 is 33.2. The van der Waals surface area contributed by atoms with Gasteiger partial charge in [-0.2, -0.15) is 5.10 Å². The van der Waals surface area contributed by atoms with E-state index in [1.165, 1.54) is 36.9 Å². The second-order valence-electron chi connectivity index (χ2n) is 9.35. The number of hydrazone groups is 1. The first-order valence-electron chi connectivity index (χ1n) is 13.0. The number of ether oxygens (including phenoxy) is 1. The molecule has 1 aliphatic carbocycles. The van der Waals surface area contributed by atoms with Gasteiger partial charge in [0.2, 0.25) is 0 Å². The summed E-state index contributed by atoms with van der Waals surface area (Å²) in [5.74, 6) is -0.227. The van der Waals surface area contributed by atoms with Crippen molar-refractivity contribution >= 4 is 45.3 Å². The third-order valence-corrected chi connectivity index (χ3v) is 8.40. The minimum atomic E-state index is -4.05. The molecule has 0 bridgehead atoms. The number of carbonyl (C=O) groups excluding carboxylic acids is 2. The molecular weight excluding hydrogens is 552 g/mol. The summed E-state index contributed by atoms with van der Waals surface area (Å²) in [6.07, 6.45) is 6.96. The highest BCUT2D eigenvalue weighted by Crippen LogP contribution is 2.24. The van der Waals surface area contributed by atoms with Crippen LogP contribution in [0.5, 0.6) is 5.75 Å². The number of hydrogen-bond donors (Lipinski definition) is 2. The van der Waals surface area contributed by atoms with E-state index in [0.717, 1.165) is 30.0 Å². The Morgan fingerprint density at radius 1 is 0.925 bits per heavy atom. The van der Waals surface area contributed by atoms with Crippen LogP contribution in [-0.2, 0) is 19.6 Å². The van der Waals surface area contributed by atoms with Gasteiger partial charge in [-0.05, 0) is 79.1 Å². The molecule has 2 amide bonds. The summed E-state index contributed by atoms with van der Waals surface area (Å²) in [5.41, 5.74) is 3.38. The van der Waals surface area contributed by atoms with Gasteiger partial charge in [0.1, 0.15) is 12.3 Å². The van der Waals surface area contributed by atoms with E-state index in [0.29, 0.717) is 22.0 Å². The molecule has 1 fully saturated rings. The van der Waals surface area contributed by atoms with Gasteiger partial charge in [-0.25, -0.2) is 13.8 Å². The van der Waals surface area contributed by atoms with E-state index < -0.39 is 22.5 Å². The monoisotopic (exact) mass is 582 g/mol. The van der Waals surface area contributed by atoms with Crippen LogP contribution < -0.4 is 19.8 Å². The van der Waals surface area contributed by atoms with Gasteiger partial charge >= 0.3 is 0 Å². The lowest BCUT2D eigenvalue weighted by atomic mass is 9.95. The summed E-state index contributed by atoms with van der Waals surface area (Å²) in [6.45, 7) is -0.543. The molecule has 0 atom stereocenters. The molecule has 0 spiro atoms. The number of anilines is 1. The minimum Gasteiger partial charge on any atom is -0.484 e. The van der Waals surface area contributed by atoms with Crippen LogP contribution in [0.25, 0.3) is 0 Å². The Bertz CT molecular complexity index is 1410. The minimum absolute atomic E-state index is 0.00540. The fraction of sp³-hybridized carbons (Fsp3) is 0.276. The van der Waals surface area contributed by atoms with Crippen molar-refractivity contribution in [2.45, 2.75) is 43.0 Å². The van der Waals surface area contributed by atoms with Gasteiger partial charge in [0, 0.05) is 11.1 Å². The molecule has 0 aliphatic heterocycles. The topological polar surface area (TPSA) is 117 Å². The molecule has 0 unspecified atom stereocenters. The molecule has 1 saturated carbocycles. The Kier molecular flexibility index (Phi) is 10.2. The molecule has 210 valence electrons. The lowest BCUT2D eigenvalue weighted by Crippen LogP contribution is -2.39. The predicted molar refractivity (Wildman–Crippen MR) is 155 cm³/mol. The molecule has 4 rings (SSSR count). The summed E-state index contributed by atoms with van der Waals surface area (Å²) in [7, 11) is -4.05. The van der Waals surface area contributed by atoms with Crippen molar-refractivity contribution < 1.29 is 22.7 Å². The van der Waals surface area contributed by atoms with Gasteiger partial charge in [0.15, 0.2) is 6.61 Å². The number of carbonyl (C=O) groups is 2. The Labute approximate surface area is 239 Å². The van der Waals surface area contributed by atoms with Crippen molar-refractivity contribution in [3.8, 4) is 5.75 Å². The normalized spacial score (nSPS) is 14.0. The number of nitrogens with one attached hydrogen (secondary N) is 2. The highest BCUT2D eigenvalue weighted by atomic mass is 35.5. The standard InChI is InChI=1S/C29H31ClN4O5S/c30-23-13-17-27(18-14-23)40(37,38)34(25-9-5-2-6-10-25)20-28(35)33-31-19-22-11-15-26(16-12-22)39-21-29(36)32-24-7-3-1-4-8-24/h2,5-6,9-19,24H,1,3-4,7-8,20-21H2,(H,32,36)(H,33,35)/b31-19-. The summed E-state index contributed by atoms with van der Waals surface area (Å²) in [4.78, 5) is 24.8. The van der Waals surface area contributed by atoms with Crippen LogP contribution in [0.15, 0.2) is 88.9 Å². The zero-order valence-electron chi connectivity index (χ0n) is 21.8. The van der Waals surface area contributed by atoms with E-state index in [1.54, 1.807) is 54.6 Å². The van der Waals surface area contributed by atoms with Crippen LogP contribution in [0, 0.1) is 0 Å². The van der Waals surface area contributed by atoms with Crippen molar-refractivity contribution in [3.05, 3.63) is 89.4 Å². The Hall–Kier alpha value is -3.89. The fourth-order valence-corrected chi connectivity index (χ4v) is 5.85. The second-order valence-corrected chi connectivity index (χ2v) is 11.7. The number of hydrogen-bond acceptors (Lipinski definition) is 6. The van der Waals surface area contributed by atoms with Gasteiger partial charge < -0.3 is 10.1 Å². The van der Waals surface area contributed by atoms with Gasteiger partial charge in [-0.1, -0.05) is 49.1 Å². The van der Waals surface area contributed by atoms with Crippen molar-refractivity contribution in [1.29, 1.82) is 0 Å². The molecule has 9 nitrogen and oxygen atoms in total. The smallest absolute Gasteiger partial charge is 0.264 e. The number of rotatable bonds is 11. The van der Waals surface area contributed by atoms with E-state index in [2.05, 4.69) is 15.8 Å². The molecule has 3 aromatic rings. The third-order valence-electron chi connectivity index (χ3n) is 6.36. The summed E-state index contributed by atoms with van der Waals surface area (Å²) >= 11 is 5.91. The van der Waals surface area contributed by atoms with E-state index >= 15 is 0 Å². The quantitative estimate of drug-likeness (QED) is 0.255. The Morgan fingerprint density at radius 2 is 1.60 bits per heavy atom. The number of benzene rings is 3. The number of halogens is 1. The Morgan fingerprint density at radius 3 is 2.27 bits per heavy atom. The fourth-order valence-electron chi connectivity index (χ4n) is 4.30. The molecule has 0 aromatic heterocycles. The van der Waals surface area contributed by atoms with Crippen LogP contribution >= 0.6 is 11.6 Å². The van der Waals surface area contributed by atoms with Crippen molar-refractivity contribution in [2.24, 2.45) is 5.10 Å². The highest BCUT2D eigenvalue weighted by Gasteiger charge is 2.27. The zero-order valence-corrected chi connectivity index (χ0v) is 23.4. The summed E-state index contributed by atoms with van der Waals surface area (Å²) in [5, 5.41) is 7.37. The first-order chi connectivity index (χ1) is 19.3. The maximum atomic E-state index is 13.3. The largest absolute Gasteiger partial charge is 0.484 e. The lowest BCUT2D eigenvalue weighted by molar-refractivity contribution is -0.124. The first kappa shape index (κ1) is 29.1. The number of amides is 2. The SMILES string of the molecule is O=C(CN(c1ccccc1)S(=O)(=O)c1ccc(Cl)cc1)N/N=C\c1ccc(OCC(=O)NC2CCCCC2)cc1. The molecular formula is C29H31ClN4O5S. The number of nitrogens with zero attached hydrogens (tertiary/aromatic N) is 2. The van der Waals surface area contributed by atoms with E-state index in [9.17, 15) is 18.0 Å². The van der Waals surface area contributed by atoms with E-state index in [4.69, 9.17) is 16.3 Å². The third kappa shape index (κ3) is 8.30. The van der Waals surface area contributed by atoms with Crippen LogP contribution in [0.1, 0.15) is 37.7 Å². The molecule has 3 aromatic carbocycles. The molecule has 11 heteroatoms. The van der Waals surface area contributed by atoms with Gasteiger partial charge in [0.25, 0.3) is 21.8 Å². The van der Waals surface area contributed by atoms with Crippen molar-refractivity contribution in [1.82, 2.24) is 10.7 Å².